The van der Waals surface area contributed by atoms with Crippen LogP contribution in [0.1, 0.15) is 26.6 Å². The third-order valence-electron chi connectivity index (χ3n) is 4.45. The van der Waals surface area contributed by atoms with Crippen LogP contribution in [0.5, 0.6) is 0 Å². The van der Waals surface area contributed by atoms with Crippen LogP contribution in [0.15, 0.2) is 35.3 Å². The predicted molar refractivity (Wildman–Crippen MR) is 109 cm³/mol. The van der Waals surface area contributed by atoms with E-state index in [9.17, 15) is 9.59 Å². The maximum Gasteiger partial charge on any atom is 0.259 e. The molecule has 0 radical (unpaired) electrons. The minimum absolute atomic E-state index is 0.0682. The fourth-order valence-electron chi connectivity index (χ4n) is 2.99. The van der Waals surface area contributed by atoms with Crippen molar-refractivity contribution in [3.05, 3.63) is 62.6 Å². The lowest BCUT2D eigenvalue weighted by atomic mass is 10.1. The molecule has 0 aliphatic rings. The number of hydrogen-bond acceptors (Lipinski definition) is 5. The van der Waals surface area contributed by atoms with Crippen LogP contribution in [0.2, 0.25) is 0 Å². The number of benzene rings is 1. The van der Waals surface area contributed by atoms with Gasteiger partial charge in [0, 0.05) is 27.5 Å². The van der Waals surface area contributed by atoms with E-state index in [1.807, 2.05) is 38.1 Å². The van der Waals surface area contributed by atoms with Gasteiger partial charge in [-0.1, -0.05) is 18.2 Å². The second-order valence-corrected chi connectivity index (χ2v) is 8.33. The Hall–Kier alpha value is -2.38. The van der Waals surface area contributed by atoms with Crippen LogP contribution in [-0.4, -0.2) is 26.5 Å². The van der Waals surface area contributed by atoms with Crippen LogP contribution in [0.4, 0.5) is 0 Å². The Labute approximate surface area is 157 Å². The molecule has 0 saturated heterocycles. The Morgan fingerprint density at radius 1 is 1.27 bits per heavy atom. The number of thiophene rings is 1. The van der Waals surface area contributed by atoms with Gasteiger partial charge in [0.1, 0.15) is 10.7 Å². The number of carbonyl (C=O) groups excluding carboxylic acids is 1. The number of aromatic amines is 2. The smallest absolute Gasteiger partial charge is 0.259 e. The van der Waals surface area contributed by atoms with E-state index in [-0.39, 0.29) is 11.3 Å². The molecular weight excluding hydrogens is 366 g/mol. The summed E-state index contributed by atoms with van der Waals surface area (Å²) in [6.45, 7) is 3.94. The number of ketones is 1. The second kappa shape index (κ2) is 6.74. The number of para-hydroxylation sites is 1. The summed E-state index contributed by atoms with van der Waals surface area (Å²) in [4.78, 5) is 37.2. The largest absolute Gasteiger partial charge is 0.360 e. The number of aromatic nitrogens is 3. The molecule has 0 bridgehead atoms. The number of hydrogen-bond donors (Lipinski definition) is 2. The Bertz CT molecular complexity index is 1190. The molecule has 0 amide bonds. The molecule has 0 unspecified atom stereocenters. The van der Waals surface area contributed by atoms with Crippen molar-refractivity contribution in [1.82, 2.24) is 15.0 Å². The Morgan fingerprint density at radius 3 is 2.92 bits per heavy atom. The summed E-state index contributed by atoms with van der Waals surface area (Å²) in [5.41, 5.74) is 2.55. The van der Waals surface area contributed by atoms with E-state index in [1.165, 1.54) is 23.1 Å². The van der Waals surface area contributed by atoms with Crippen LogP contribution < -0.4 is 5.56 Å². The maximum absolute atomic E-state index is 12.5. The van der Waals surface area contributed by atoms with Crippen LogP contribution in [0.25, 0.3) is 21.1 Å². The summed E-state index contributed by atoms with van der Waals surface area (Å²) in [5.74, 6) is 1.51. The molecule has 2 N–H and O–H groups in total. The van der Waals surface area contributed by atoms with Crippen LogP contribution >= 0.6 is 23.1 Å². The SMILES string of the molecule is Cc1sc2nc(CSCC(=O)c3c[nH]c4ccccc34)[nH]c(=O)c2c1C. The maximum atomic E-state index is 12.5. The number of nitrogens with zero attached hydrogens (tertiary/aromatic N) is 1. The molecule has 7 heteroatoms. The molecular formula is C19H17N3O2S2. The minimum atomic E-state index is -0.101. The number of nitrogens with one attached hydrogen (secondary N) is 2. The van der Waals surface area contributed by atoms with Gasteiger partial charge in [-0.2, -0.15) is 0 Å². The fraction of sp³-hybridized carbons (Fsp3) is 0.211. The van der Waals surface area contributed by atoms with Gasteiger partial charge in [0.05, 0.1) is 16.9 Å². The highest BCUT2D eigenvalue weighted by Crippen LogP contribution is 2.26. The average Bonchev–Trinajstić information content (AvgIpc) is 3.16. The van der Waals surface area contributed by atoms with E-state index in [0.717, 1.165) is 26.2 Å². The topological polar surface area (TPSA) is 78.6 Å². The summed E-state index contributed by atoms with van der Waals surface area (Å²) in [6, 6.07) is 7.76. The molecule has 0 aliphatic carbocycles. The number of rotatable bonds is 5. The zero-order valence-corrected chi connectivity index (χ0v) is 16.0. The van der Waals surface area contributed by atoms with Gasteiger partial charge in [-0.05, 0) is 25.5 Å². The van der Waals surface area contributed by atoms with Crippen LogP contribution in [0, 0.1) is 13.8 Å². The van der Waals surface area contributed by atoms with E-state index < -0.39 is 0 Å². The summed E-state index contributed by atoms with van der Waals surface area (Å²) in [7, 11) is 0. The number of H-pyrrole nitrogens is 2. The van der Waals surface area contributed by atoms with Gasteiger partial charge < -0.3 is 9.97 Å². The van der Waals surface area contributed by atoms with Crippen molar-refractivity contribution in [3.63, 3.8) is 0 Å². The van der Waals surface area contributed by atoms with Crippen molar-refractivity contribution in [2.45, 2.75) is 19.6 Å². The van der Waals surface area contributed by atoms with Gasteiger partial charge in [0.25, 0.3) is 5.56 Å². The number of Topliss-reactive ketones (excluding diaryl/α,β-unsaturated/α-hetero) is 1. The lowest BCUT2D eigenvalue weighted by Crippen LogP contribution is -2.11. The van der Waals surface area contributed by atoms with Crippen molar-refractivity contribution in [2.75, 3.05) is 5.75 Å². The molecule has 0 spiro atoms. The molecule has 0 aliphatic heterocycles. The van der Waals surface area contributed by atoms with Gasteiger partial charge in [0.15, 0.2) is 5.78 Å². The van der Waals surface area contributed by atoms with Crippen molar-refractivity contribution in [3.8, 4) is 0 Å². The first-order valence-electron chi connectivity index (χ1n) is 8.20. The summed E-state index contributed by atoms with van der Waals surface area (Å²) < 4.78 is 0. The zero-order chi connectivity index (χ0) is 18.3. The number of aryl methyl sites for hydroxylation is 2. The molecule has 3 heterocycles. The zero-order valence-electron chi connectivity index (χ0n) is 14.4. The summed E-state index contributed by atoms with van der Waals surface area (Å²) in [6.07, 6.45) is 1.76. The number of thioether (sulfide) groups is 1. The molecule has 0 saturated carbocycles. The normalized spacial score (nSPS) is 11.5. The minimum Gasteiger partial charge on any atom is -0.360 e. The second-order valence-electron chi connectivity index (χ2n) is 6.14. The van der Waals surface area contributed by atoms with E-state index >= 15 is 0 Å². The number of carbonyl (C=O) groups is 1. The molecule has 1 aromatic carbocycles. The Balaban J connectivity index is 1.48. The molecule has 3 aromatic heterocycles. The van der Waals surface area contributed by atoms with E-state index in [1.54, 1.807) is 6.20 Å². The molecule has 26 heavy (non-hydrogen) atoms. The highest BCUT2D eigenvalue weighted by Gasteiger charge is 2.14. The standard InChI is InChI=1S/C19H17N3O2S2/c1-10-11(2)26-19-17(10)18(24)21-16(22-19)9-25-8-15(23)13-7-20-14-6-4-3-5-12(13)14/h3-7,20H,8-9H2,1-2H3,(H,21,22,24). The van der Waals surface area contributed by atoms with Gasteiger partial charge >= 0.3 is 0 Å². The first kappa shape index (κ1) is 17.1. The van der Waals surface area contributed by atoms with Crippen molar-refractivity contribution in [2.24, 2.45) is 0 Å². The average molecular weight is 383 g/mol. The monoisotopic (exact) mass is 383 g/mol. The molecule has 0 fully saturated rings. The molecule has 4 aromatic rings. The van der Waals surface area contributed by atoms with Gasteiger partial charge in [-0.25, -0.2) is 4.98 Å². The lowest BCUT2D eigenvalue weighted by Gasteiger charge is -2.02. The highest BCUT2D eigenvalue weighted by atomic mass is 32.2. The van der Waals surface area contributed by atoms with Gasteiger partial charge in [-0.15, -0.1) is 23.1 Å². The third kappa shape index (κ3) is 2.97. The molecule has 132 valence electrons. The third-order valence-corrected chi connectivity index (χ3v) is 6.49. The van der Waals surface area contributed by atoms with E-state index in [2.05, 4.69) is 15.0 Å². The Morgan fingerprint density at radius 2 is 2.08 bits per heavy atom. The van der Waals surface area contributed by atoms with Gasteiger partial charge in [-0.3, -0.25) is 9.59 Å². The molecule has 0 atom stereocenters. The van der Waals surface area contributed by atoms with Crippen molar-refractivity contribution in [1.29, 1.82) is 0 Å². The van der Waals surface area contributed by atoms with E-state index in [4.69, 9.17) is 0 Å². The van der Waals surface area contributed by atoms with Gasteiger partial charge in [0.2, 0.25) is 0 Å². The van der Waals surface area contributed by atoms with Crippen LogP contribution in [0.3, 0.4) is 0 Å². The Kier molecular flexibility index (Phi) is 4.42. The molecule has 5 nitrogen and oxygen atoms in total. The van der Waals surface area contributed by atoms with Crippen molar-refractivity contribution >= 4 is 50.0 Å². The predicted octanol–water partition coefficient (Wildman–Crippen LogP) is 4.20. The first-order chi connectivity index (χ1) is 12.5. The quantitative estimate of drug-likeness (QED) is 0.506. The number of fused-ring (bicyclic) bond motifs is 2. The highest BCUT2D eigenvalue weighted by molar-refractivity contribution is 7.99. The molecule has 4 rings (SSSR count). The first-order valence-corrected chi connectivity index (χ1v) is 10.2. The fourth-order valence-corrected chi connectivity index (χ4v) is 4.81. The van der Waals surface area contributed by atoms with Crippen LogP contribution in [-0.2, 0) is 5.75 Å². The summed E-state index contributed by atoms with van der Waals surface area (Å²) in [5, 5.41) is 1.62. The lowest BCUT2D eigenvalue weighted by molar-refractivity contribution is 0.102. The van der Waals surface area contributed by atoms with E-state index in [0.29, 0.717) is 28.3 Å². The summed E-state index contributed by atoms with van der Waals surface area (Å²) >= 11 is 2.99. The van der Waals surface area contributed by atoms with Crippen molar-refractivity contribution < 1.29 is 4.79 Å².